The smallest absolute Gasteiger partial charge is 0.123 e. The quantitative estimate of drug-likeness (QED) is 0.903. The van der Waals surface area contributed by atoms with E-state index in [-0.39, 0.29) is 0 Å². The summed E-state index contributed by atoms with van der Waals surface area (Å²) >= 11 is 0. The maximum absolute atomic E-state index is 9.79. The van der Waals surface area contributed by atoms with Gasteiger partial charge in [-0.05, 0) is 58.1 Å². The van der Waals surface area contributed by atoms with Crippen LogP contribution in [0, 0.1) is 0 Å². The second kappa shape index (κ2) is 7.78. The van der Waals surface area contributed by atoms with Crippen LogP contribution in [0.25, 0.3) is 0 Å². The van der Waals surface area contributed by atoms with Crippen LogP contribution in [0.15, 0.2) is 18.2 Å². The van der Waals surface area contributed by atoms with Gasteiger partial charge in [-0.1, -0.05) is 6.07 Å². The fraction of sp³-hybridized carbons (Fsp3) is 0.647. The molecule has 0 aromatic heterocycles. The molecule has 1 atom stereocenters. The summed E-state index contributed by atoms with van der Waals surface area (Å²) in [4.78, 5) is 4.86. The Kier molecular flexibility index (Phi) is 6.03. The van der Waals surface area contributed by atoms with E-state index in [0.717, 1.165) is 37.5 Å². The summed E-state index contributed by atoms with van der Waals surface area (Å²) < 4.78 is 5.75. The summed E-state index contributed by atoms with van der Waals surface area (Å²) in [6.45, 7) is 9.86. The molecule has 1 aromatic rings. The van der Waals surface area contributed by atoms with Gasteiger partial charge in [-0.15, -0.1) is 0 Å². The zero-order valence-corrected chi connectivity index (χ0v) is 13.5. The number of aliphatic hydroxyl groups is 1. The van der Waals surface area contributed by atoms with E-state index in [4.69, 9.17) is 4.74 Å². The summed E-state index contributed by atoms with van der Waals surface area (Å²) in [5.74, 6) is 0.944. The van der Waals surface area contributed by atoms with Crippen molar-refractivity contribution in [3.63, 3.8) is 0 Å². The van der Waals surface area contributed by atoms with E-state index in [1.165, 1.54) is 18.5 Å². The average molecular weight is 292 g/mol. The molecule has 1 fully saturated rings. The number of ether oxygens (including phenoxy) is 1. The molecule has 2 rings (SSSR count). The van der Waals surface area contributed by atoms with Crippen LogP contribution in [-0.4, -0.2) is 54.7 Å². The predicted molar refractivity (Wildman–Crippen MR) is 85.6 cm³/mol. The van der Waals surface area contributed by atoms with Crippen molar-refractivity contribution in [2.45, 2.75) is 32.9 Å². The van der Waals surface area contributed by atoms with Crippen molar-refractivity contribution in [1.82, 2.24) is 9.80 Å². The fourth-order valence-corrected chi connectivity index (χ4v) is 2.78. The van der Waals surface area contributed by atoms with Crippen molar-refractivity contribution in [3.05, 3.63) is 29.3 Å². The Morgan fingerprint density at radius 3 is 2.76 bits per heavy atom. The van der Waals surface area contributed by atoms with Gasteiger partial charge in [0.05, 0.1) is 12.7 Å². The Morgan fingerprint density at radius 2 is 2.05 bits per heavy atom. The minimum atomic E-state index is -0.435. The molecule has 1 aliphatic heterocycles. The van der Waals surface area contributed by atoms with Crippen LogP contribution in [0.3, 0.4) is 0 Å². The van der Waals surface area contributed by atoms with Crippen LogP contribution in [-0.2, 0) is 6.54 Å². The molecule has 118 valence electrons. The van der Waals surface area contributed by atoms with Gasteiger partial charge in [-0.2, -0.15) is 0 Å². The monoisotopic (exact) mass is 292 g/mol. The normalized spacial score (nSPS) is 19.2. The van der Waals surface area contributed by atoms with Crippen molar-refractivity contribution in [2.24, 2.45) is 0 Å². The first-order valence-corrected chi connectivity index (χ1v) is 7.94. The molecular formula is C17H28N2O2. The van der Waals surface area contributed by atoms with Gasteiger partial charge in [-0.3, -0.25) is 4.90 Å². The van der Waals surface area contributed by atoms with Gasteiger partial charge in [0.1, 0.15) is 5.75 Å². The highest BCUT2D eigenvalue weighted by molar-refractivity contribution is 5.38. The Hall–Kier alpha value is -1.10. The van der Waals surface area contributed by atoms with E-state index in [9.17, 15) is 5.11 Å². The molecule has 1 aliphatic rings. The minimum Gasteiger partial charge on any atom is -0.494 e. The maximum Gasteiger partial charge on any atom is 0.123 e. The van der Waals surface area contributed by atoms with Gasteiger partial charge < -0.3 is 14.7 Å². The standard InChI is InChI=1S/C17H28N2O2/c1-4-21-17-7-6-15(14(2)20)12-16(17)13-19-9-5-8-18(3)10-11-19/h6-7,12,14,20H,4-5,8-11,13H2,1-3H3. The highest BCUT2D eigenvalue weighted by Crippen LogP contribution is 2.25. The summed E-state index contributed by atoms with van der Waals surface area (Å²) in [5, 5.41) is 9.79. The Morgan fingerprint density at radius 1 is 1.24 bits per heavy atom. The van der Waals surface area contributed by atoms with Crippen molar-refractivity contribution < 1.29 is 9.84 Å². The average Bonchev–Trinajstić information content (AvgIpc) is 2.66. The van der Waals surface area contributed by atoms with E-state index in [1.54, 1.807) is 6.92 Å². The van der Waals surface area contributed by atoms with Crippen LogP contribution in [0.5, 0.6) is 5.75 Å². The van der Waals surface area contributed by atoms with Crippen molar-refractivity contribution in [1.29, 1.82) is 0 Å². The number of benzene rings is 1. The Labute approximate surface area is 128 Å². The first-order valence-electron chi connectivity index (χ1n) is 7.94. The van der Waals surface area contributed by atoms with Crippen LogP contribution >= 0.6 is 0 Å². The van der Waals surface area contributed by atoms with Gasteiger partial charge in [0, 0.05) is 25.2 Å². The second-order valence-corrected chi connectivity index (χ2v) is 5.91. The number of hydrogen-bond donors (Lipinski definition) is 1. The molecule has 0 radical (unpaired) electrons. The molecule has 0 bridgehead atoms. The third-order valence-corrected chi connectivity index (χ3v) is 4.07. The van der Waals surface area contributed by atoms with E-state index in [0.29, 0.717) is 6.61 Å². The lowest BCUT2D eigenvalue weighted by Crippen LogP contribution is -2.28. The van der Waals surface area contributed by atoms with Gasteiger partial charge in [0.25, 0.3) is 0 Å². The Bertz CT molecular complexity index is 448. The molecule has 4 heteroatoms. The van der Waals surface area contributed by atoms with Crippen LogP contribution in [0.2, 0.25) is 0 Å². The zero-order chi connectivity index (χ0) is 15.2. The fourth-order valence-electron chi connectivity index (χ4n) is 2.78. The topological polar surface area (TPSA) is 35.9 Å². The summed E-state index contributed by atoms with van der Waals surface area (Å²) in [5.41, 5.74) is 2.14. The van der Waals surface area contributed by atoms with E-state index < -0.39 is 6.10 Å². The first kappa shape index (κ1) is 16.3. The third kappa shape index (κ3) is 4.70. The van der Waals surface area contributed by atoms with Crippen LogP contribution in [0.4, 0.5) is 0 Å². The van der Waals surface area contributed by atoms with Gasteiger partial charge >= 0.3 is 0 Å². The molecule has 0 spiro atoms. The molecule has 1 saturated heterocycles. The SMILES string of the molecule is CCOc1ccc(C(C)O)cc1CN1CCCN(C)CC1. The first-order chi connectivity index (χ1) is 10.1. The number of nitrogens with zero attached hydrogens (tertiary/aromatic N) is 2. The lowest BCUT2D eigenvalue weighted by atomic mass is 10.1. The molecule has 21 heavy (non-hydrogen) atoms. The van der Waals surface area contributed by atoms with Crippen LogP contribution < -0.4 is 4.74 Å². The summed E-state index contributed by atoms with van der Waals surface area (Å²) in [6, 6.07) is 6.03. The highest BCUT2D eigenvalue weighted by Gasteiger charge is 2.15. The number of likely N-dealkylation sites (N-methyl/N-ethyl adjacent to an activating group) is 1. The van der Waals surface area contributed by atoms with Crippen molar-refractivity contribution in [3.8, 4) is 5.75 Å². The summed E-state index contributed by atoms with van der Waals surface area (Å²) in [6.07, 6.45) is 0.769. The van der Waals surface area contributed by atoms with Crippen molar-refractivity contribution >= 4 is 0 Å². The number of hydrogen-bond acceptors (Lipinski definition) is 4. The molecule has 0 saturated carbocycles. The molecule has 4 nitrogen and oxygen atoms in total. The second-order valence-electron chi connectivity index (χ2n) is 5.91. The Balaban J connectivity index is 2.13. The maximum atomic E-state index is 9.79. The largest absolute Gasteiger partial charge is 0.494 e. The van der Waals surface area contributed by atoms with Crippen LogP contribution in [0.1, 0.15) is 37.5 Å². The number of rotatable bonds is 5. The molecular weight excluding hydrogens is 264 g/mol. The lowest BCUT2D eigenvalue weighted by Gasteiger charge is -2.22. The molecule has 1 N–H and O–H groups in total. The van der Waals surface area contributed by atoms with E-state index >= 15 is 0 Å². The van der Waals surface area contributed by atoms with E-state index in [1.807, 2.05) is 19.1 Å². The van der Waals surface area contributed by atoms with Gasteiger partial charge in [0.2, 0.25) is 0 Å². The van der Waals surface area contributed by atoms with Gasteiger partial charge in [-0.25, -0.2) is 0 Å². The summed E-state index contributed by atoms with van der Waals surface area (Å²) in [7, 11) is 2.18. The molecule has 1 aromatic carbocycles. The van der Waals surface area contributed by atoms with Gasteiger partial charge in [0.15, 0.2) is 0 Å². The lowest BCUT2D eigenvalue weighted by molar-refractivity contribution is 0.198. The number of aliphatic hydroxyl groups excluding tert-OH is 1. The molecule has 0 aliphatic carbocycles. The third-order valence-electron chi connectivity index (χ3n) is 4.07. The molecule has 1 heterocycles. The molecule has 0 amide bonds. The van der Waals surface area contributed by atoms with E-state index in [2.05, 4.69) is 22.9 Å². The molecule has 1 unspecified atom stereocenters. The minimum absolute atomic E-state index is 0.435. The van der Waals surface area contributed by atoms with Crippen molar-refractivity contribution in [2.75, 3.05) is 39.8 Å². The highest BCUT2D eigenvalue weighted by atomic mass is 16.5. The zero-order valence-electron chi connectivity index (χ0n) is 13.5. The predicted octanol–water partition coefficient (Wildman–Crippen LogP) is 2.28.